The van der Waals surface area contributed by atoms with Gasteiger partial charge in [-0.15, -0.1) is 22.7 Å². The van der Waals surface area contributed by atoms with E-state index in [2.05, 4.69) is 10.6 Å². The van der Waals surface area contributed by atoms with E-state index in [-0.39, 0.29) is 17.4 Å². The third kappa shape index (κ3) is 9.03. The summed E-state index contributed by atoms with van der Waals surface area (Å²) in [5.41, 5.74) is 0.428. The van der Waals surface area contributed by atoms with Gasteiger partial charge in [0.2, 0.25) is 5.91 Å². The number of nitrogens with zero attached hydrogens (tertiary/aromatic N) is 1. The van der Waals surface area contributed by atoms with Crippen molar-refractivity contribution >= 4 is 63.8 Å². The van der Waals surface area contributed by atoms with Gasteiger partial charge in [-0.25, -0.2) is 4.79 Å². The van der Waals surface area contributed by atoms with E-state index in [0.717, 1.165) is 22.6 Å². The Kier molecular flexibility index (Phi) is 11.3. The Morgan fingerprint density at radius 3 is 2.16 bits per heavy atom. The van der Waals surface area contributed by atoms with Crippen LogP contribution >= 0.6 is 45.9 Å². The average Bonchev–Trinajstić information content (AvgIpc) is 3.55. The predicted octanol–water partition coefficient (Wildman–Crippen LogP) is 6.72. The monoisotopic (exact) mass is 581 g/mol. The maximum absolute atomic E-state index is 13.7. The number of rotatable bonds is 13. The molecular formula is C26H29Cl2N3O4S2. The summed E-state index contributed by atoms with van der Waals surface area (Å²) in [6.07, 6.45) is 1.67. The van der Waals surface area contributed by atoms with E-state index in [4.69, 9.17) is 23.2 Å². The molecule has 2 heterocycles. The van der Waals surface area contributed by atoms with Crippen LogP contribution in [0.4, 0.5) is 4.79 Å². The van der Waals surface area contributed by atoms with E-state index in [1.165, 1.54) is 6.07 Å². The van der Waals surface area contributed by atoms with Gasteiger partial charge in [0.1, 0.15) is 6.04 Å². The molecule has 1 aromatic carbocycles. The van der Waals surface area contributed by atoms with Crippen LogP contribution in [-0.4, -0.2) is 34.0 Å². The molecule has 2 aromatic heterocycles. The van der Waals surface area contributed by atoms with Crippen molar-refractivity contribution in [3.05, 3.63) is 78.6 Å². The molecule has 198 valence electrons. The van der Waals surface area contributed by atoms with Crippen molar-refractivity contribution in [1.29, 1.82) is 0 Å². The third-order valence-corrected chi connectivity index (χ3v) is 7.92. The van der Waals surface area contributed by atoms with Gasteiger partial charge in [-0.2, -0.15) is 0 Å². The SMILES string of the molecule is CCCC[C@H](NC(=O)N[C@@H](CC(=O)O)c1ccc(Cl)cc1Cl)C(=O)N(Cc1cccs1)Cc1cccs1. The highest BCUT2D eigenvalue weighted by Crippen LogP contribution is 2.28. The van der Waals surface area contributed by atoms with Crippen molar-refractivity contribution in [2.24, 2.45) is 0 Å². The molecule has 0 aliphatic rings. The van der Waals surface area contributed by atoms with Gasteiger partial charge < -0.3 is 20.6 Å². The molecule has 3 rings (SSSR count). The minimum Gasteiger partial charge on any atom is -0.481 e. The van der Waals surface area contributed by atoms with Gasteiger partial charge in [-0.3, -0.25) is 9.59 Å². The number of carboxylic acid groups (broad SMARTS) is 1. The summed E-state index contributed by atoms with van der Waals surface area (Å²) in [4.78, 5) is 42.1. The molecule has 0 unspecified atom stereocenters. The van der Waals surface area contributed by atoms with E-state index >= 15 is 0 Å². The van der Waals surface area contributed by atoms with Gasteiger partial charge in [0.05, 0.1) is 25.6 Å². The van der Waals surface area contributed by atoms with Crippen LogP contribution in [0.5, 0.6) is 0 Å². The highest BCUT2D eigenvalue weighted by atomic mass is 35.5. The Balaban J connectivity index is 1.78. The van der Waals surface area contributed by atoms with Crippen LogP contribution in [0.15, 0.2) is 53.2 Å². The second kappa shape index (κ2) is 14.4. The number of halogens is 2. The Hall–Kier alpha value is -2.59. The molecule has 37 heavy (non-hydrogen) atoms. The van der Waals surface area contributed by atoms with Crippen LogP contribution in [-0.2, 0) is 22.7 Å². The molecule has 0 bridgehead atoms. The summed E-state index contributed by atoms with van der Waals surface area (Å²) < 4.78 is 0. The highest BCUT2D eigenvalue weighted by Gasteiger charge is 2.28. The Labute approximate surface area is 234 Å². The second-order valence-corrected chi connectivity index (χ2v) is 11.4. The van der Waals surface area contributed by atoms with Crippen LogP contribution in [0.3, 0.4) is 0 Å². The van der Waals surface area contributed by atoms with Gasteiger partial charge in [0.15, 0.2) is 0 Å². The van der Waals surface area contributed by atoms with Crippen molar-refractivity contribution in [1.82, 2.24) is 15.5 Å². The maximum Gasteiger partial charge on any atom is 0.315 e. The Morgan fingerprint density at radius 2 is 1.65 bits per heavy atom. The van der Waals surface area contributed by atoms with E-state index < -0.39 is 24.1 Å². The first-order valence-electron chi connectivity index (χ1n) is 11.8. The topological polar surface area (TPSA) is 98.7 Å². The predicted molar refractivity (Wildman–Crippen MR) is 149 cm³/mol. The fourth-order valence-corrected chi connectivity index (χ4v) is 5.81. The number of urea groups is 1. The van der Waals surface area contributed by atoms with E-state index in [1.54, 1.807) is 39.7 Å². The number of carboxylic acids is 1. The van der Waals surface area contributed by atoms with Crippen molar-refractivity contribution < 1.29 is 19.5 Å². The number of nitrogens with one attached hydrogen (secondary N) is 2. The summed E-state index contributed by atoms with van der Waals surface area (Å²) in [6.45, 7) is 2.88. The van der Waals surface area contributed by atoms with Crippen molar-refractivity contribution in [2.75, 3.05) is 0 Å². The van der Waals surface area contributed by atoms with Crippen LogP contribution in [0.1, 0.15) is 54.0 Å². The zero-order valence-corrected chi connectivity index (χ0v) is 23.4. The highest BCUT2D eigenvalue weighted by molar-refractivity contribution is 7.10. The molecule has 2 atom stereocenters. The molecular weight excluding hydrogens is 553 g/mol. The molecule has 11 heteroatoms. The first-order valence-corrected chi connectivity index (χ1v) is 14.4. The van der Waals surface area contributed by atoms with Crippen LogP contribution in [0.25, 0.3) is 0 Å². The fraction of sp³-hybridized carbons (Fsp3) is 0.346. The molecule has 0 aliphatic heterocycles. The molecule has 0 radical (unpaired) electrons. The number of thiophene rings is 2. The van der Waals surface area contributed by atoms with Gasteiger partial charge in [0, 0.05) is 19.8 Å². The number of amides is 3. The molecule has 0 fully saturated rings. The van der Waals surface area contributed by atoms with Crippen molar-refractivity contribution in [2.45, 2.75) is 57.8 Å². The number of hydrogen-bond donors (Lipinski definition) is 3. The fourth-order valence-electron chi connectivity index (χ4n) is 3.83. The molecule has 7 nitrogen and oxygen atoms in total. The van der Waals surface area contributed by atoms with Crippen LogP contribution in [0, 0.1) is 0 Å². The van der Waals surface area contributed by atoms with Crippen molar-refractivity contribution in [3.8, 4) is 0 Å². The lowest BCUT2D eigenvalue weighted by Gasteiger charge is -2.28. The van der Waals surface area contributed by atoms with Gasteiger partial charge in [0.25, 0.3) is 0 Å². The summed E-state index contributed by atoms with van der Waals surface area (Å²) in [5, 5.41) is 19.5. The first kappa shape index (κ1) is 29.0. The van der Waals surface area contributed by atoms with E-state index in [1.807, 2.05) is 41.9 Å². The quantitative estimate of drug-likeness (QED) is 0.208. The minimum atomic E-state index is -1.10. The molecule has 0 aliphatic carbocycles. The number of benzene rings is 1. The van der Waals surface area contributed by atoms with E-state index in [0.29, 0.717) is 30.1 Å². The zero-order valence-electron chi connectivity index (χ0n) is 20.3. The summed E-state index contributed by atoms with van der Waals surface area (Å²) in [7, 11) is 0. The Bertz CT molecular complexity index is 1140. The lowest BCUT2D eigenvalue weighted by atomic mass is 10.0. The summed E-state index contributed by atoms with van der Waals surface area (Å²) in [6, 6.07) is 10.2. The molecule has 3 N–H and O–H groups in total. The maximum atomic E-state index is 13.7. The lowest BCUT2D eigenvalue weighted by Crippen LogP contribution is -2.51. The second-order valence-electron chi connectivity index (χ2n) is 8.48. The number of unbranched alkanes of at least 4 members (excludes halogenated alkanes) is 1. The van der Waals surface area contributed by atoms with Crippen LogP contribution < -0.4 is 10.6 Å². The molecule has 3 amide bonds. The van der Waals surface area contributed by atoms with E-state index in [9.17, 15) is 19.5 Å². The lowest BCUT2D eigenvalue weighted by molar-refractivity contribution is -0.137. The standard InChI is InChI=1S/C26H29Cl2N3O4S2/c1-2-3-8-22(25(34)31(15-18-6-4-11-36-18)16-19-7-5-12-37-19)29-26(35)30-23(14-24(32)33)20-10-9-17(27)13-21(20)28/h4-7,9-13,22-23H,2-3,8,14-16H2,1H3,(H,32,33)(H2,29,30,35)/t22-,23-/m0/s1. The summed E-state index contributed by atoms with van der Waals surface area (Å²) in [5.74, 6) is -1.29. The average molecular weight is 583 g/mol. The molecule has 0 saturated carbocycles. The summed E-state index contributed by atoms with van der Waals surface area (Å²) >= 11 is 15.4. The van der Waals surface area contributed by atoms with Gasteiger partial charge >= 0.3 is 12.0 Å². The number of hydrogen-bond acceptors (Lipinski definition) is 5. The first-order chi connectivity index (χ1) is 17.8. The smallest absolute Gasteiger partial charge is 0.315 e. The molecule has 0 saturated heterocycles. The van der Waals surface area contributed by atoms with Gasteiger partial charge in [-0.1, -0.05) is 61.2 Å². The van der Waals surface area contributed by atoms with Crippen LogP contribution in [0.2, 0.25) is 10.0 Å². The third-order valence-electron chi connectivity index (χ3n) is 5.64. The Morgan fingerprint density at radius 1 is 1.00 bits per heavy atom. The number of aliphatic carboxylic acids is 1. The molecule has 0 spiro atoms. The normalized spacial score (nSPS) is 12.5. The van der Waals surface area contributed by atoms with Gasteiger partial charge in [-0.05, 0) is 47.0 Å². The minimum absolute atomic E-state index is 0.190. The van der Waals surface area contributed by atoms with Crippen molar-refractivity contribution in [3.63, 3.8) is 0 Å². The zero-order chi connectivity index (χ0) is 26.8. The molecule has 3 aromatic rings. The number of carbonyl (C=O) groups excluding carboxylic acids is 2. The number of carbonyl (C=O) groups is 3. The largest absolute Gasteiger partial charge is 0.481 e.